The van der Waals surface area contributed by atoms with Gasteiger partial charge in [0.2, 0.25) is 0 Å². The van der Waals surface area contributed by atoms with Gasteiger partial charge in [-0.3, -0.25) is 4.90 Å². The van der Waals surface area contributed by atoms with E-state index in [0.29, 0.717) is 0 Å². The van der Waals surface area contributed by atoms with E-state index < -0.39 is 0 Å². The first-order chi connectivity index (χ1) is 7.75. The molecule has 2 atom stereocenters. The molecule has 0 aromatic heterocycles. The third-order valence-electron chi connectivity index (χ3n) is 3.12. The van der Waals surface area contributed by atoms with Crippen LogP contribution in [0.1, 0.15) is 12.5 Å². The highest BCUT2D eigenvalue weighted by molar-refractivity contribution is 5.14. The summed E-state index contributed by atoms with van der Waals surface area (Å²) < 4.78 is 0. The molecule has 1 heterocycles. The molecule has 1 aromatic rings. The van der Waals surface area contributed by atoms with Crippen LogP contribution in [-0.4, -0.2) is 41.8 Å². The van der Waals surface area contributed by atoms with Crippen LogP contribution in [0.4, 0.5) is 0 Å². The monoisotopic (exact) mass is 220 g/mol. The van der Waals surface area contributed by atoms with Crippen LogP contribution in [0, 0.1) is 0 Å². The molecular weight excluding hydrogens is 200 g/mol. The SMILES string of the molecule is C[C@H](O)[C@@H]1CN(Cc2ccccc2)CCN1. The number of piperazine rings is 1. The lowest BCUT2D eigenvalue weighted by molar-refractivity contribution is 0.0887. The van der Waals surface area contributed by atoms with Gasteiger partial charge in [-0.15, -0.1) is 0 Å². The summed E-state index contributed by atoms with van der Waals surface area (Å²) in [4.78, 5) is 2.39. The molecule has 16 heavy (non-hydrogen) atoms. The molecule has 3 heteroatoms. The van der Waals surface area contributed by atoms with E-state index in [1.807, 2.05) is 13.0 Å². The van der Waals surface area contributed by atoms with Crippen LogP contribution in [0.3, 0.4) is 0 Å². The van der Waals surface area contributed by atoms with Gasteiger partial charge >= 0.3 is 0 Å². The Morgan fingerprint density at radius 2 is 2.19 bits per heavy atom. The molecule has 1 saturated heterocycles. The molecule has 88 valence electrons. The summed E-state index contributed by atoms with van der Waals surface area (Å²) >= 11 is 0. The number of hydrogen-bond donors (Lipinski definition) is 2. The minimum Gasteiger partial charge on any atom is -0.392 e. The zero-order chi connectivity index (χ0) is 11.4. The average Bonchev–Trinajstić information content (AvgIpc) is 2.30. The summed E-state index contributed by atoms with van der Waals surface area (Å²) in [5, 5.41) is 12.9. The predicted octanol–water partition coefficient (Wildman–Crippen LogP) is 0.841. The molecule has 0 radical (unpaired) electrons. The fourth-order valence-electron chi connectivity index (χ4n) is 2.15. The van der Waals surface area contributed by atoms with E-state index in [1.54, 1.807) is 0 Å². The van der Waals surface area contributed by atoms with Crippen LogP contribution in [0.15, 0.2) is 30.3 Å². The van der Waals surface area contributed by atoms with Gasteiger partial charge < -0.3 is 10.4 Å². The molecule has 0 unspecified atom stereocenters. The summed E-state index contributed by atoms with van der Waals surface area (Å²) in [6.45, 7) is 5.77. The molecule has 1 aromatic carbocycles. The molecule has 0 aliphatic carbocycles. The Bertz CT molecular complexity index is 313. The molecule has 2 N–H and O–H groups in total. The molecule has 1 fully saturated rings. The van der Waals surface area contributed by atoms with Crippen molar-refractivity contribution in [2.24, 2.45) is 0 Å². The number of aliphatic hydroxyl groups is 1. The number of nitrogens with one attached hydrogen (secondary N) is 1. The van der Waals surface area contributed by atoms with E-state index in [4.69, 9.17) is 0 Å². The first kappa shape index (κ1) is 11.6. The van der Waals surface area contributed by atoms with Crippen LogP contribution in [0.5, 0.6) is 0 Å². The maximum Gasteiger partial charge on any atom is 0.0677 e. The highest BCUT2D eigenvalue weighted by Gasteiger charge is 2.22. The highest BCUT2D eigenvalue weighted by atomic mass is 16.3. The van der Waals surface area contributed by atoms with E-state index in [-0.39, 0.29) is 12.1 Å². The lowest BCUT2D eigenvalue weighted by atomic mass is 10.1. The van der Waals surface area contributed by atoms with Crippen LogP contribution in [0.2, 0.25) is 0 Å². The van der Waals surface area contributed by atoms with Gasteiger partial charge in [0.15, 0.2) is 0 Å². The maximum atomic E-state index is 9.57. The van der Waals surface area contributed by atoms with Gasteiger partial charge in [0.25, 0.3) is 0 Å². The van der Waals surface area contributed by atoms with Crippen molar-refractivity contribution >= 4 is 0 Å². The van der Waals surface area contributed by atoms with Crippen molar-refractivity contribution in [2.45, 2.75) is 25.6 Å². The second-order valence-electron chi connectivity index (χ2n) is 4.52. The van der Waals surface area contributed by atoms with E-state index in [9.17, 15) is 5.11 Å². The summed E-state index contributed by atoms with van der Waals surface area (Å²) in [5.41, 5.74) is 1.34. The summed E-state index contributed by atoms with van der Waals surface area (Å²) in [7, 11) is 0. The standard InChI is InChI=1S/C13H20N2O/c1-11(16)13-10-15(8-7-14-13)9-12-5-3-2-4-6-12/h2-6,11,13-14,16H,7-10H2,1H3/t11-,13-/m0/s1. The van der Waals surface area contributed by atoms with E-state index in [0.717, 1.165) is 26.2 Å². The van der Waals surface area contributed by atoms with Gasteiger partial charge in [-0.25, -0.2) is 0 Å². The summed E-state index contributed by atoms with van der Waals surface area (Å²) in [6.07, 6.45) is -0.279. The summed E-state index contributed by atoms with van der Waals surface area (Å²) in [6, 6.07) is 10.7. The first-order valence-corrected chi connectivity index (χ1v) is 5.93. The van der Waals surface area contributed by atoms with Gasteiger partial charge in [-0.1, -0.05) is 30.3 Å². The van der Waals surface area contributed by atoms with Crippen molar-refractivity contribution in [1.82, 2.24) is 10.2 Å². The molecule has 0 amide bonds. The number of hydrogen-bond acceptors (Lipinski definition) is 3. The zero-order valence-electron chi connectivity index (χ0n) is 9.76. The number of rotatable bonds is 3. The second-order valence-corrected chi connectivity index (χ2v) is 4.52. The van der Waals surface area contributed by atoms with Crippen molar-refractivity contribution in [3.63, 3.8) is 0 Å². The van der Waals surface area contributed by atoms with E-state index in [2.05, 4.69) is 34.5 Å². The molecule has 0 saturated carbocycles. The Morgan fingerprint density at radius 3 is 2.88 bits per heavy atom. The molecule has 3 nitrogen and oxygen atoms in total. The van der Waals surface area contributed by atoms with Crippen LogP contribution >= 0.6 is 0 Å². The lowest BCUT2D eigenvalue weighted by Gasteiger charge is -2.35. The van der Waals surface area contributed by atoms with Crippen molar-refractivity contribution in [2.75, 3.05) is 19.6 Å². The largest absolute Gasteiger partial charge is 0.392 e. The molecule has 1 aliphatic rings. The van der Waals surface area contributed by atoms with Crippen molar-refractivity contribution in [3.05, 3.63) is 35.9 Å². The maximum absolute atomic E-state index is 9.57. The Kier molecular flexibility index (Phi) is 3.93. The average molecular weight is 220 g/mol. The Labute approximate surface area is 97.1 Å². The minimum absolute atomic E-state index is 0.206. The topological polar surface area (TPSA) is 35.5 Å². The van der Waals surface area contributed by atoms with E-state index >= 15 is 0 Å². The van der Waals surface area contributed by atoms with Gasteiger partial charge in [0.05, 0.1) is 6.10 Å². The fourth-order valence-corrected chi connectivity index (χ4v) is 2.15. The zero-order valence-corrected chi connectivity index (χ0v) is 9.76. The van der Waals surface area contributed by atoms with Crippen LogP contribution in [-0.2, 0) is 6.54 Å². The normalized spacial score (nSPS) is 24.2. The third kappa shape index (κ3) is 3.04. The summed E-state index contributed by atoms with van der Waals surface area (Å²) in [5.74, 6) is 0. The van der Waals surface area contributed by atoms with Gasteiger partial charge in [-0.2, -0.15) is 0 Å². The highest BCUT2D eigenvalue weighted by Crippen LogP contribution is 2.08. The first-order valence-electron chi connectivity index (χ1n) is 5.93. The molecule has 0 bridgehead atoms. The second kappa shape index (κ2) is 5.43. The number of nitrogens with zero attached hydrogens (tertiary/aromatic N) is 1. The van der Waals surface area contributed by atoms with Crippen LogP contribution < -0.4 is 5.32 Å². The fraction of sp³-hybridized carbons (Fsp3) is 0.538. The minimum atomic E-state index is -0.279. The van der Waals surface area contributed by atoms with Gasteiger partial charge in [0, 0.05) is 32.2 Å². The lowest BCUT2D eigenvalue weighted by Crippen LogP contribution is -2.54. The Hall–Kier alpha value is -0.900. The van der Waals surface area contributed by atoms with Gasteiger partial charge in [0.1, 0.15) is 0 Å². The smallest absolute Gasteiger partial charge is 0.0677 e. The number of aliphatic hydroxyl groups excluding tert-OH is 1. The van der Waals surface area contributed by atoms with Crippen LogP contribution in [0.25, 0.3) is 0 Å². The molecule has 0 spiro atoms. The predicted molar refractivity (Wildman–Crippen MR) is 65.2 cm³/mol. The van der Waals surface area contributed by atoms with E-state index in [1.165, 1.54) is 5.56 Å². The molecule has 2 rings (SSSR count). The molecular formula is C13H20N2O. The third-order valence-corrected chi connectivity index (χ3v) is 3.12. The quantitative estimate of drug-likeness (QED) is 0.792. The molecule has 1 aliphatic heterocycles. The van der Waals surface area contributed by atoms with Crippen molar-refractivity contribution in [1.29, 1.82) is 0 Å². The van der Waals surface area contributed by atoms with Gasteiger partial charge in [-0.05, 0) is 12.5 Å². The van der Waals surface area contributed by atoms with Crippen molar-refractivity contribution < 1.29 is 5.11 Å². The number of benzene rings is 1. The Morgan fingerprint density at radius 1 is 1.44 bits per heavy atom. The Balaban J connectivity index is 1.90. The van der Waals surface area contributed by atoms with Crippen molar-refractivity contribution in [3.8, 4) is 0 Å².